The normalized spacial score (nSPS) is 21.8. The van der Waals surface area contributed by atoms with Crippen molar-refractivity contribution in [2.45, 2.75) is 75.8 Å². The van der Waals surface area contributed by atoms with Gasteiger partial charge in [-0.2, -0.15) is 12.6 Å². The molecular weight excluding hydrogens is 362 g/mol. The standard InChI is InChI=1S/C17H29NO3S3/c1-12-10-15(22)11-18(12)17(21)7-5-4-6-16(24-14(3)20)8-9-23-13(2)19/h12,15-16,22H,4-11H2,1-3H3. The van der Waals surface area contributed by atoms with E-state index in [-0.39, 0.29) is 21.4 Å². The summed E-state index contributed by atoms with van der Waals surface area (Å²) in [4.78, 5) is 36.6. The van der Waals surface area contributed by atoms with Crippen LogP contribution >= 0.6 is 36.2 Å². The zero-order chi connectivity index (χ0) is 18.1. The summed E-state index contributed by atoms with van der Waals surface area (Å²) < 4.78 is 0. The molecule has 4 nitrogen and oxygen atoms in total. The van der Waals surface area contributed by atoms with E-state index < -0.39 is 0 Å². The maximum absolute atomic E-state index is 12.3. The molecule has 1 fully saturated rings. The van der Waals surface area contributed by atoms with Gasteiger partial charge in [0.2, 0.25) is 5.91 Å². The zero-order valence-corrected chi connectivity index (χ0v) is 17.4. The Hall–Kier alpha value is -0.140. The monoisotopic (exact) mass is 391 g/mol. The molecule has 1 amide bonds. The first-order valence-corrected chi connectivity index (χ1v) is 11.0. The second-order valence-electron chi connectivity index (χ2n) is 6.39. The molecule has 138 valence electrons. The van der Waals surface area contributed by atoms with Crippen molar-refractivity contribution in [3.63, 3.8) is 0 Å². The van der Waals surface area contributed by atoms with E-state index in [0.717, 1.165) is 44.4 Å². The molecule has 0 bridgehead atoms. The molecule has 0 aromatic heterocycles. The van der Waals surface area contributed by atoms with Crippen LogP contribution in [0.5, 0.6) is 0 Å². The minimum Gasteiger partial charge on any atom is -0.339 e. The molecule has 1 rings (SSSR count). The van der Waals surface area contributed by atoms with Crippen molar-refractivity contribution in [2.24, 2.45) is 0 Å². The Morgan fingerprint density at radius 2 is 1.88 bits per heavy atom. The quantitative estimate of drug-likeness (QED) is 0.479. The van der Waals surface area contributed by atoms with Crippen LogP contribution in [-0.4, -0.2) is 49.9 Å². The second-order valence-corrected chi connectivity index (χ2v) is 9.87. The van der Waals surface area contributed by atoms with Gasteiger partial charge in [0.1, 0.15) is 0 Å². The van der Waals surface area contributed by atoms with Crippen LogP contribution in [0.15, 0.2) is 0 Å². The lowest BCUT2D eigenvalue weighted by Crippen LogP contribution is -2.33. The Morgan fingerprint density at radius 1 is 1.17 bits per heavy atom. The number of likely N-dealkylation sites (tertiary alicyclic amines) is 1. The number of carbonyl (C=O) groups is 3. The summed E-state index contributed by atoms with van der Waals surface area (Å²) in [5.41, 5.74) is 0. The number of carbonyl (C=O) groups excluding carboxylic acids is 3. The first-order chi connectivity index (χ1) is 11.3. The number of nitrogens with zero attached hydrogens (tertiary/aromatic N) is 1. The highest BCUT2D eigenvalue weighted by Gasteiger charge is 2.29. The van der Waals surface area contributed by atoms with Crippen LogP contribution in [0.1, 0.15) is 59.3 Å². The van der Waals surface area contributed by atoms with Gasteiger partial charge in [0.05, 0.1) is 0 Å². The Morgan fingerprint density at radius 3 is 2.42 bits per heavy atom. The van der Waals surface area contributed by atoms with Crippen molar-refractivity contribution >= 4 is 52.3 Å². The molecule has 0 saturated carbocycles. The van der Waals surface area contributed by atoms with Gasteiger partial charge in [0, 0.05) is 49.1 Å². The van der Waals surface area contributed by atoms with Gasteiger partial charge >= 0.3 is 0 Å². The van der Waals surface area contributed by atoms with Crippen LogP contribution < -0.4 is 0 Å². The fourth-order valence-electron chi connectivity index (χ4n) is 2.97. The molecule has 1 saturated heterocycles. The lowest BCUT2D eigenvalue weighted by atomic mass is 10.1. The number of hydrogen-bond donors (Lipinski definition) is 1. The predicted molar refractivity (Wildman–Crippen MR) is 107 cm³/mol. The highest BCUT2D eigenvalue weighted by Crippen LogP contribution is 2.25. The Balaban J connectivity index is 2.27. The van der Waals surface area contributed by atoms with Gasteiger partial charge in [-0.1, -0.05) is 29.9 Å². The minimum absolute atomic E-state index is 0.120. The summed E-state index contributed by atoms with van der Waals surface area (Å²) in [6.07, 6.45) is 5.11. The van der Waals surface area contributed by atoms with Gasteiger partial charge in [-0.3, -0.25) is 14.4 Å². The van der Waals surface area contributed by atoms with Gasteiger partial charge in [-0.15, -0.1) is 0 Å². The Bertz CT molecular complexity index is 445. The summed E-state index contributed by atoms with van der Waals surface area (Å²) in [6, 6.07) is 0.296. The van der Waals surface area contributed by atoms with Crippen molar-refractivity contribution in [3.05, 3.63) is 0 Å². The van der Waals surface area contributed by atoms with E-state index in [2.05, 4.69) is 19.6 Å². The molecule has 0 aromatic carbocycles. The first-order valence-electron chi connectivity index (χ1n) is 8.57. The van der Waals surface area contributed by atoms with Crippen molar-refractivity contribution < 1.29 is 14.4 Å². The zero-order valence-electron chi connectivity index (χ0n) is 14.8. The smallest absolute Gasteiger partial charge is 0.222 e. The molecule has 24 heavy (non-hydrogen) atoms. The summed E-state index contributed by atoms with van der Waals surface area (Å²) in [6.45, 7) is 5.99. The maximum Gasteiger partial charge on any atom is 0.222 e. The molecule has 0 aliphatic carbocycles. The Labute approximate surface area is 159 Å². The molecule has 7 heteroatoms. The molecule has 0 spiro atoms. The van der Waals surface area contributed by atoms with E-state index in [0.29, 0.717) is 17.7 Å². The molecule has 0 N–H and O–H groups in total. The summed E-state index contributed by atoms with van der Waals surface area (Å²) in [7, 11) is 0. The lowest BCUT2D eigenvalue weighted by Gasteiger charge is -2.21. The van der Waals surface area contributed by atoms with E-state index in [4.69, 9.17) is 0 Å². The average molecular weight is 392 g/mol. The molecule has 3 unspecified atom stereocenters. The summed E-state index contributed by atoms with van der Waals surface area (Å²) in [5, 5.41) is 0.792. The van der Waals surface area contributed by atoms with Gasteiger partial charge in [0.25, 0.3) is 0 Å². The van der Waals surface area contributed by atoms with Crippen molar-refractivity contribution in [1.82, 2.24) is 4.90 Å². The Kier molecular flexibility index (Phi) is 10.5. The largest absolute Gasteiger partial charge is 0.339 e. The van der Waals surface area contributed by atoms with Gasteiger partial charge < -0.3 is 4.90 Å². The minimum atomic E-state index is 0.120. The number of rotatable bonds is 9. The summed E-state index contributed by atoms with van der Waals surface area (Å²) >= 11 is 7.15. The molecule has 1 aliphatic rings. The number of thiol groups is 1. The SMILES string of the molecule is CC(=O)SCCC(CCCCC(=O)N1CC(S)CC1C)SC(C)=O. The van der Waals surface area contributed by atoms with Crippen molar-refractivity contribution in [2.75, 3.05) is 12.3 Å². The molecule has 0 aromatic rings. The molecule has 3 atom stereocenters. The maximum atomic E-state index is 12.3. The van der Waals surface area contributed by atoms with Crippen LogP contribution in [0.25, 0.3) is 0 Å². The summed E-state index contributed by atoms with van der Waals surface area (Å²) in [5.74, 6) is 0.982. The fraction of sp³-hybridized carbons (Fsp3) is 0.824. The van der Waals surface area contributed by atoms with Gasteiger partial charge in [-0.25, -0.2) is 0 Å². The van der Waals surface area contributed by atoms with Crippen LogP contribution in [0.2, 0.25) is 0 Å². The van der Waals surface area contributed by atoms with Crippen LogP contribution in [0.4, 0.5) is 0 Å². The second kappa shape index (κ2) is 11.5. The first kappa shape index (κ1) is 21.9. The van der Waals surface area contributed by atoms with Crippen molar-refractivity contribution in [1.29, 1.82) is 0 Å². The number of unbranched alkanes of at least 4 members (excludes halogenated alkanes) is 1. The van der Waals surface area contributed by atoms with Crippen molar-refractivity contribution in [3.8, 4) is 0 Å². The number of amides is 1. The van der Waals surface area contributed by atoms with E-state index in [1.165, 1.54) is 23.5 Å². The lowest BCUT2D eigenvalue weighted by molar-refractivity contribution is -0.131. The topological polar surface area (TPSA) is 54.5 Å². The fourth-order valence-corrected chi connectivity index (χ4v) is 5.28. The van der Waals surface area contributed by atoms with E-state index in [1.807, 2.05) is 4.90 Å². The number of hydrogen-bond acceptors (Lipinski definition) is 6. The highest BCUT2D eigenvalue weighted by atomic mass is 32.2. The van der Waals surface area contributed by atoms with Gasteiger partial charge in [-0.05, 0) is 32.6 Å². The number of thioether (sulfide) groups is 2. The predicted octanol–water partition coefficient (Wildman–Crippen LogP) is 3.78. The van der Waals surface area contributed by atoms with Crippen LogP contribution in [0.3, 0.4) is 0 Å². The van der Waals surface area contributed by atoms with Gasteiger partial charge in [0.15, 0.2) is 10.2 Å². The van der Waals surface area contributed by atoms with E-state index >= 15 is 0 Å². The molecule has 0 radical (unpaired) electrons. The van der Waals surface area contributed by atoms with E-state index in [1.54, 1.807) is 13.8 Å². The highest BCUT2D eigenvalue weighted by molar-refractivity contribution is 8.14. The average Bonchev–Trinajstić information content (AvgIpc) is 2.81. The van der Waals surface area contributed by atoms with Crippen LogP contribution in [-0.2, 0) is 14.4 Å². The third kappa shape index (κ3) is 8.81. The molecule has 1 heterocycles. The third-order valence-corrected chi connectivity index (χ3v) is 6.47. The third-order valence-electron chi connectivity index (χ3n) is 4.12. The van der Waals surface area contributed by atoms with E-state index in [9.17, 15) is 14.4 Å². The van der Waals surface area contributed by atoms with Crippen LogP contribution in [0, 0.1) is 0 Å². The molecule has 1 aliphatic heterocycles. The molecular formula is C17H29NO3S3.